The summed E-state index contributed by atoms with van der Waals surface area (Å²) in [6.45, 7) is 3.63. The number of carbonyl (C=O) groups excluding carboxylic acids is 1. The molecule has 2 heterocycles. The number of rotatable bonds is 4. The van der Waals surface area contributed by atoms with Crippen molar-refractivity contribution < 1.29 is 4.79 Å². The number of hydrogen-bond donors (Lipinski definition) is 1. The Kier molecular flexibility index (Phi) is 6.55. The smallest absolute Gasteiger partial charge is 0.222 e. The lowest BCUT2D eigenvalue weighted by atomic mass is 10.2. The molecule has 0 aliphatic carbocycles. The minimum atomic E-state index is 0. The Labute approximate surface area is 113 Å². The quantitative estimate of drug-likeness (QED) is 0.910. The maximum Gasteiger partial charge on any atom is 0.222 e. The molecule has 0 spiro atoms. The van der Waals surface area contributed by atoms with E-state index in [0.717, 1.165) is 39.0 Å². The van der Waals surface area contributed by atoms with Gasteiger partial charge in [-0.15, -0.1) is 23.7 Å². The second-order valence-corrected chi connectivity index (χ2v) is 5.10. The Morgan fingerprint density at radius 1 is 1.41 bits per heavy atom. The summed E-state index contributed by atoms with van der Waals surface area (Å²) in [6.07, 6.45) is 2.71. The van der Waals surface area contributed by atoms with Gasteiger partial charge in [0.15, 0.2) is 0 Å². The van der Waals surface area contributed by atoms with E-state index in [2.05, 4.69) is 22.8 Å². The minimum Gasteiger partial charge on any atom is -0.340 e. The van der Waals surface area contributed by atoms with Gasteiger partial charge in [0.05, 0.1) is 0 Å². The molecule has 1 aliphatic heterocycles. The number of nitrogens with zero attached hydrogens (tertiary/aromatic N) is 1. The number of halogens is 1. The zero-order valence-electron chi connectivity index (χ0n) is 9.85. The fourth-order valence-corrected chi connectivity index (χ4v) is 2.69. The van der Waals surface area contributed by atoms with E-state index in [9.17, 15) is 4.79 Å². The van der Waals surface area contributed by atoms with Crippen LogP contribution in [-0.4, -0.2) is 37.0 Å². The molecular weight excluding hydrogens is 256 g/mol. The molecule has 1 aromatic rings. The summed E-state index contributed by atoms with van der Waals surface area (Å²) in [5.74, 6) is 0.318. The molecule has 96 valence electrons. The molecule has 1 amide bonds. The Balaban J connectivity index is 0.00000144. The maximum absolute atomic E-state index is 11.8. The highest BCUT2D eigenvalue weighted by Gasteiger charge is 2.15. The summed E-state index contributed by atoms with van der Waals surface area (Å²) in [4.78, 5) is 15.2. The van der Waals surface area contributed by atoms with Gasteiger partial charge < -0.3 is 10.2 Å². The third-order valence-electron chi connectivity index (χ3n) is 2.86. The van der Waals surface area contributed by atoms with Gasteiger partial charge in [-0.25, -0.2) is 0 Å². The van der Waals surface area contributed by atoms with Crippen LogP contribution in [0.2, 0.25) is 0 Å². The molecule has 0 saturated carbocycles. The van der Waals surface area contributed by atoms with Crippen molar-refractivity contribution >= 4 is 29.7 Å². The SMILES string of the molecule is Cl.O=C(CCCc1cccs1)N1CCNCC1. The van der Waals surface area contributed by atoms with Crippen molar-refractivity contribution in [3.05, 3.63) is 22.4 Å². The summed E-state index contributed by atoms with van der Waals surface area (Å²) in [5.41, 5.74) is 0. The Morgan fingerprint density at radius 2 is 2.18 bits per heavy atom. The molecule has 1 aliphatic rings. The highest BCUT2D eigenvalue weighted by Crippen LogP contribution is 2.12. The van der Waals surface area contributed by atoms with E-state index >= 15 is 0 Å². The highest BCUT2D eigenvalue weighted by atomic mass is 35.5. The van der Waals surface area contributed by atoms with Crippen LogP contribution in [-0.2, 0) is 11.2 Å². The van der Waals surface area contributed by atoms with Crippen LogP contribution in [0.4, 0.5) is 0 Å². The van der Waals surface area contributed by atoms with E-state index in [4.69, 9.17) is 0 Å². The first kappa shape index (κ1) is 14.5. The normalized spacial score (nSPS) is 15.4. The first-order valence-electron chi connectivity index (χ1n) is 5.87. The van der Waals surface area contributed by atoms with E-state index in [-0.39, 0.29) is 12.4 Å². The predicted octanol–water partition coefficient (Wildman–Crippen LogP) is 1.92. The number of thiophene rings is 1. The molecule has 1 aromatic heterocycles. The molecule has 1 saturated heterocycles. The molecule has 0 aromatic carbocycles. The van der Waals surface area contributed by atoms with Crippen LogP contribution in [0.1, 0.15) is 17.7 Å². The van der Waals surface area contributed by atoms with E-state index in [1.54, 1.807) is 11.3 Å². The zero-order chi connectivity index (χ0) is 11.2. The van der Waals surface area contributed by atoms with E-state index in [0.29, 0.717) is 12.3 Å². The van der Waals surface area contributed by atoms with E-state index in [1.165, 1.54) is 4.88 Å². The first-order valence-corrected chi connectivity index (χ1v) is 6.75. The number of nitrogens with one attached hydrogen (secondary N) is 1. The van der Waals surface area contributed by atoms with Gasteiger partial charge in [0.2, 0.25) is 5.91 Å². The van der Waals surface area contributed by atoms with Gasteiger partial charge in [-0.2, -0.15) is 0 Å². The average molecular weight is 275 g/mol. The van der Waals surface area contributed by atoms with Gasteiger partial charge in [-0.1, -0.05) is 6.07 Å². The molecule has 0 atom stereocenters. The molecular formula is C12H19ClN2OS. The molecule has 3 nitrogen and oxygen atoms in total. The van der Waals surface area contributed by atoms with Crippen molar-refractivity contribution in [1.82, 2.24) is 10.2 Å². The van der Waals surface area contributed by atoms with Crippen molar-refractivity contribution in [2.75, 3.05) is 26.2 Å². The summed E-state index contributed by atoms with van der Waals surface area (Å²) in [5, 5.41) is 5.35. The standard InChI is InChI=1S/C12H18N2OS.ClH/c15-12(14-8-6-13-7-9-14)5-1-3-11-4-2-10-16-11;/h2,4,10,13H,1,3,5-9H2;1H. The highest BCUT2D eigenvalue weighted by molar-refractivity contribution is 7.09. The molecule has 0 unspecified atom stereocenters. The molecule has 2 rings (SSSR count). The number of amides is 1. The monoisotopic (exact) mass is 274 g/mol. The fraction of sp³-hybridized carbons (Fsp3) is 0.583. The molecule has 0 bridgehead atoms. The van der Waals surface area contributed by atoms with Crippen LogP contribution in [0.3, 0.4) is 0 Å². The summed E-state index contributed by atoms with van der Waals surface area (Å²) in [7, 11) is 0. The maximum atomic E-state index is 11.8. The van der Waals surface area contributed by atoms with Crippen LogP contribution < -0.4 is 5.32 Å². The van der Waals surface area contributed by atoms with Crippen molar-refractivity contribution in [3.8, 4) is 0 Å². The second-order valence-electron chi connectivity index (χ2n) is 4.06. The Bertz CT molecular complexity index is 323. The average Bonchev–Trinajstić information content (AvgIpc) is 2.83. The van der Waals surface area contributed by atoms with Crippen molar-refractivity contribution in [1.29, 1.82) is 0 Å². The molecule has 0 radical (unpaired) electrons. The Hall–Kier alpha value is -0.580. The molecule has 17 heavy (non-hydrogen) atoms. The fourth-order valence-electron chi connectivity index (χ4n) is 1.94. The van der Waals surface area contributed by atoms with Crippen molar-refractivity contribution in [3.63, 3.8) is 0 Å². The van der Waals surface area contributed by atoms with Crippen molar-refractivity contribution in [2.45, 2.75) is 19.3 Å². The minimum absolute atomic E-state index is 0. The lowest BCUT2D eigenvalue weighted by Crippen LogP contribution is -2.46. The zero-order valence-corrected chi connectivity index (χ0v) is 11.5. The first-order chi connectivity index (χ1) is 7.86. The van der Waals surface area contributed by atoms with Gasteiger partial charge in [0.1, 0.15) is 0 Å². The van der Waals surface area contributed by atoms with Gasteiger partial charge in [-0.3, -0.25) is 4.79 Å². The predicted molar refractivity (Wildman–Crippen MR) is 74.0 cm³/mol. The molecule has 5 heteroatoms. The molecule has 1 fully saturated rings. The lowest BCUT2D eigenvalue weighted by molar-refractivity contribution is -0.131. The number of aryl methyl sites for hydroxylation is 1. The number of carbonyl (C=O) groups is 1. The van der Waals surface area contributed by atoms with Crippen LogP contribution in [0.5, 0.6) is 0 Å². The third-order valence-corrected chi connectivity index (χ3v) is 3.80. The number of hydrogen-bond acceptors (Lipinski definition) is 3. The van der Waals surface area contributed by atoms with Gasteiger partial charge in [-0.05, 0) is 24.3 Å². The summed E-state index contributed by atoms with van der Waals surface area (Å²) >= 11 is 1.78. The van der Waals surface area contributed by atoms with Gasteiger partial charge in [0.25, 0.3) is 0 Å². The van der Waals surface area contributed by atoms with Crippen LogP contribution >= 0.6 is 23.7 Å². The van der Waals surface area contributed by atoms with Crippen LogP contribution in [0, 0.1) is 0 Å². The van der Waals surface area contributed by atoms with Crippen LogP contribution in [0.15, 0.2) is 17.5 Å². The van der Waals surface area contributed by atoms with Gasteiger partial charge >= 0.3 is 0 Å². The largest absolute Gasteiger partial charge is 0.340 e. The summed E-state index contributed by atoms with van der Waals surface area (Å²) < 4.78 is 0. The second kappa shape index (κ2) is 7.69. The van der Waals surface area contributed by atoms with Crippen LogP contribution in [0.25, 0.3) is 0 Å². The third kappa shape index (κ3) is 4.66. The lowest BCUT2D eigenvalue weighted by Gasteiger charge is -2.27. The van der Waals surface area contributed by atoms with E-state index < -0.39 is 0 Å². The van der Waals surface area contributed by atoms with Gasteiger partial charge in [0, 0.05) is 37.5 Å². The van der Waals surface area contributed by atoms with E-state index in [1.807, 2.05) is 4.90 Å². The summed E-state index contributed by atoms with van der Waals surface area (Å²) in [6, 6.07) is 4.21. The molecule has 1 N–H and O–H groups in total. The topological polar surface area (TPSA) is 32.3 Å². The Morgan fingerprint density at radius 3 is 2.82 bits per heavy atom. The van der Waals surface area contributed by atoms with Crippen molar-refractivity contribution in [2.24, 2.45) is 0 Å². The number of piperazine rings is 1.